The molecule has 1 aromatic carbocycles. The quantitative estimate of drug-likeness (QED) is 0.875. The fraction of sp³-hybridized carbons (Fsp3) is 0.308. The smallest absolute Gasteiger partial charge is 0.208 e. The molecule has 0 saturated carbocycles. The van der Waals surface area contributed by atoms with Crippen molar-refractivity contribution >= 4 is 0 Å². The lowest BCUT2D eigenvalue weighted by Gasteiger charge is -2.14. The fourth-order valence-corrected chi connectivity index (χ4v) is 1.72. The minimum atomic E-state index is -0.452. The lowest BCUT2D eigenvalue weighted by Crippen LogP contribution is -2.18. The number of phenolic OH excluding ortho intramolecular Hbond substituents is 1. The van der Waals surface area contributed by atoms with Crippen molar-refractivity contribution in [2.75, 3.05) is 0 Å². The van der Waals surface area contributed by atoms with Crippen molar-refractivity contribution in [3.05, 3.63) is 47.4 Å². The minimum Gasteiger partial charge on any atom is -0.508 e. The normalized spacial score (nSPS) is 12.6. The molecule has 0 fully saturated rings. The highest BCUT2D eigenvalue weighted by molar-refractivity contribution is 5.34. The molecule has 0 amide bonds. The van der Waals surface area contributed by atoms with E-state index < -0.39 is 5.82 Å². The molecule has 1 aromatic heterocycles. The van der Waals surface area contributed by atoms with E-state index in [1.54, 1.807) is 12.3 Å². The average Bonchev–Trinajstić information content (AvgIpc) is 2.72. The van der Waals surface area contributed by atoms with Gasteiger partial charge in [0, 0.05) is 17.7 Å². The van der Waals surface area contributed by atoms with Gasteiger partial charge >= 0.3 is 0 Å². The standard InChI is InChI=1S/C13H15FN2O2/c1-8-6-16-13(18-8)7-15-9(2)11-4-3-10(14)5-12(11)17/h3-6,9,15,17H,7H2,1-2H3. The van der Waals surface area contributed by atoms with E-state index in [-0.39, 0.29) is 11.8 Å². The first-order chi connectivity index (χ1) is 8.56. The summed E-state index contributed by atoms with van der Waals surface area (Å²) >= 11 is 0. The van der Waals surface area contributed by atoms with Crippen LogP contribution in [0.2, 0.25) is 0 Å². The SMILES string of the molecule is Cc1cnc(CNC(C)c2ccc(F)cc2O)o1. The van der Waals surface area contributed by atoms with Gasteiger partial charge in [-0.1, -0.05) is 6.07 Å². The second kappa shape index (κ2) is 5.18. The summed E-state index contributed by atoms with van der Waals surface area (Å²) in [6, 6.07) is 3.85. The first-order valence-electron chi connectivity index (χ1n) is 5.69. The predicted octanol–water partition coefficient (Wildman–Crippen LogP) is 2.68. The van der Waals surface area contributed by atoms with Crippen LogP contribution >= 0.6 is 0 Å². The Labute approximate surface area is 104 Å². The lowest BCUT2D eigenvalue weighted by molar-refractivity contribution is 0.418. The molecule has 2 rings (SSSR count). The number of phenols is 1. The molecule has 0 aliphatic rings. The van der Waals surface area contributed by atoms with Gasteiger partial charge in [0.25, 0.3) is 0 Å². The van der Waals surface area contributed by atoms with Crippen LogP contribution in [0, 0.1) is 12.7 Å². The van der Waals surface area contributed by atoms with Gasteiger partial charge in [-0.05, 0) is 19.9 Å². The van der Waals surface area contributed by atoms with E-state index in [0.717, 1.165) is 11.8 Å². The molecule has 0 aliphatic heterocycles. The van der Waals surface area contributed by atoms with E-state index in [1.165, 1.54) is 6.07 Å². The molecule has 0 radical (unpaired) electrons. The topological polar surface area (TPSA) is 58.3 Å². The number of aryl methyl sites for hydroxylation is 1. The third kappa shape index (κ3) is 2.87. The molecular formula is C13H15FN2O2. The van der Waals surface area contributed by atoms with Crippen LogP contribution in [0.1, 0.15) is 30.2 Å². The molecule has 96 valence electrons. The maximum atomic E-state index is 12.9. The summed E-state index contributed by atoms with van der Waals surface area (Å²) < 4.78 is 18.2. The molecule has 5 heteroatoms. The molecule has 0 saturated heterocycles. The Balaban J connectivity index is 2.01. The van der Waals surface area contributed by atoms with Crippen LogP contribution in [0.5, 0.6) is 5.75 Å². The summed E-state index contributed by atoms with van der Waals surface area (Å²) in [7, 11) is 0. The Morgan fingerprint density at radius 3 is 2.89 bits per heavy atom. The molecule has 0 aliphatic carbocycles. The van der Waals surface area contributed by atoms with E-state index in [4.69, 9.17) is 4.42 Å². The first-order valence-corrected chi connectivity index (χ1v) is 5.69. The number of benzene rings is 1. The van der Waals surface area contributed by atoms with Crippen LogP contribution < -0.4 is 5.32 Å². The third-order valence-electron chi connectivity index (χ3n) is 2.69. The maximum Gasteiger partial charge on any atom is 0.208 e. The zero-order valence-electron chi connectivity index (χ0n) is 10.3. The molecule has 4 nitrogen and oxygen atoms in total. The Morgan fingerprint density at radius 1 is 1.50 bits per heavy atom. The number of halogens is 1. The number of nitrogens with zero attached hydrogens (tertiary/aromatic N) is 1. The van der Waals surface area contributed by atoms with Crippen molar-refractivity contribution in [3.63, 3.8) is 0 Å². The van der Waals surface area contributed by atoms with Crippen LogP contribution in [0.3, 0.4) is 0 Å². The van der Waals surface area contributed by atoms with Crippen molar-refractivity contribution in [1.29, 1.82) is 0 Å². The summed E-state index contributed by atoms with van der Waals surface area (Å²) in [5.41, 5.74) is 0.639. The molecule has 18 heavy (non-hydrogen) atoms. The van der Waals surface area contributed by atoms with Crippen molar-refractivity contribution in [1.82, 2.24) is 10.3 Å². The van der Waals surface area contributed by atoms with E-state index in [9.17, 15) is 9.50 Å². The second-order valence-electron chi connectivity index (χ2n) is 4.17. The summed E-state index contributed by atoms with van der Waals surface area (Å²) in [4.78, 5) is 4.07. The molecular weight excluding hydrogens is 235 g/mol. The third-order valence-corrected chi connectivity index (χ3v) is 2.69. The first kappa shape index (κ1) is 12.6. The van der Waals surface area contributed by atoms with E-state index in [1.807, 2.05) is 13.8 Å². The van der Waals surface area contributed by atoms with E-state index in [0.29, 0.717) is 18.0 Å². The van der Waals surface area contributed by atoms with Crippen LogP contribution in [0.4, 0.5) is 4.39 Å². The van der Waals surface area contributed by atoms with Crippen LogP contribution in [0.25, 0.3) is 0 Å². The zero-order chi connectivity index (χ0) is 13.1. The summed E-state index contributed by atoms with van der Waals surface area (Å²) in [5, 5.41) is 12.8. The van der Waals surface area contributed by atoms with Crippen molar-refractivity contribution in [3.8, 4) is 5.75 Å². The molecule has 0 bridgehead atoms. The Morgan fingerprint density at radius 2 is 2.28 bits per heavy atom. The maximum absolute atomic E-state index is 12.9. The monoisotopic (exact) mass is 250 g/mol. The van der Waals surface area contributed by atoms with Gasteiger partial charge in [-0.15, -0.1) is 0 Å². The molecule has 2 aromatic rings. The Hall–Kier alpha value is -1.88. The zero-order valence-corrected chi connectivity index (χ0v) is 10.3. The van der Waals surface area contributed by atoms with Gasteiger partial charge in [-0.3, -0.25) is 0 Å². The van der Waals surface area contributed by atoms with E-state index >= 15 is 0 Å². The van der Waals surface area contributed by atoms with Gasteiger partial charge in [-0.2, -0.15) is 0 Å². The number of oxazole rings is 1. The number of nitrogens with one attached hydrogen (secondary N) is 1. The van der Waals surface area contributed by atoms with Gasteiger partial charge in [0.05, 0.1) is 12.7 Å². The average molecular weight is 250 g/mol. The predicted molar refractivity (Wildman–Crippen MR) is 64.6 cm³/mol. The van der Waals surface area contributed by atoms with E-state index in [2.05, 4.69) is 10.3 Å². The number of hydrogen-bond acceptors (Lipinski definition) is 4. The Bertz CT molecular complexity index is 540. The number of hydrogen-bond donors (Lipinski definition) is 2. The minimum absolute atomic E-state index is 0.0569. The highest BCUT2D eigenvalue weighted by Gasteiger charge is 2.11. The highest BCUT2D eigenvalue weighted by atomic mass is 19.1. The van der Waals surface area contributed by atoms with Crippen LogP contribution in [-0.4, -0.2) is 10.1 Å². The van der Waals surface area contributed by atoms with Gasteiger partial charge in [0.1, 0.15) is 17.3 Å². The molecule has 1 atom stereocenters. The summed E-state index contributed by atoms with van der Waals surface area (Å²) in [6.45, 7) is 4.15. The summed E-state index contributed by atoms with van der Waals surface area (Å²) in [5.74, 6) is 0.829. The van der Waals surface area contributed by atoms with Gasteiger partial charge < -0.3 is 14.8 Å². The molecule has 1 heterocycles. The molecule has 2 N–H and O–H groups in total. The van der Waals surface area contributed by atoms with Crippen LogP contribution in [-0.2, 0) is 6.54 Å². The number of aromatic hydroxyl groups is 1. The Kier molecular flexibility index (Phi) is 3.62. The summed E-state index contributed by atoms with van der Waals surface area (Å²) in [6.07, 6.45) is 1.65. The van der Waals surface area contributed by atoms with Crippen molar-refractivity contribution < 1.29 is 13.9 Å². The number of aromatic nitrogens is 1. The van der Waals surface area contributed by atoms with Crippen molar-refractivity contribution in [2.24, 2.45) is 0 Å². The van der Waals surface area contributed by atoms with Gasteiger partial charge in [0.15, 0.2) is 0 Å². The largest absolute Gasteiger partial charge is 0.508 e. The highest BCUT2D eigenvalue weighted by Crippen LogP contribution is 2.24. The van der Waals surface area contributed by atoms with Gasteiger partial charge in [-0.25, -0.2) is 9.37 Å². The number of rotatable bonds is 4. The lowest BCUT2D eigenvalue weighted by atomic mass is 10.1. The molecule has 1 unspecified atom stereocenters. The van der Waals surface area contributed by atoms with Crippen LogP contribution in [0.15, 0.2) is 28.8 Å². The van der Waals surface area contributed by atoms with Gasteiger partial charge in [0.2, 0.25) is 5.89 Å². The van der Waals surface area contributed by atoms with Crippen molar-refractivity contribution in [2.45, 2.75) is 26.4 Å². The fourth-order valence-electron chi connectivity index (χ4n) is 1.72. The molecule has 0 spiro atoms. The second-order valence-corrected chi connectivity index (χ2v) is 4.17.